The van der Waals surface area contributed by atoms with Crippen LogP contribution in [0.15, 0.2) is 30.9 Å². The van der Waals surface area contributed by atoms with Crippen LogP contribution in [-0.4, -0.2) is 5.97 Å². The predicted molar refractivity (Wildman–Crippen MR) is 137 cm³/mol. The van der Waals surface area contributed by atoms with Crippen LogP contribution in [-0.2, 0) is 11.2 Å². The van der Waals surface area contributed by atoms with Gasteiger partial charge in [0.2, 0.25) is 0 Å². The third-order valence-corrected chi connectivity index (χ3v) is 9.36. The van der Waals surface area contributed by atoms with E-state index in [0.717, 1.165) is 61.7 Å². The van der Waals surface area contributed by atoms with Gasteiger partial charge in [-0.25, -0.2) is 4.39 Å². The number of ether oxygens (including phenoxy) is 1. The van der Waals surface area contributed by atoms with E-state index in [2.05, 4.69) is 13.5 Å². The Hall–Kier alpha value is -1.64. The number of rotatable bonds is 9. The van der Waals surface area contributed by atoms with Crippen molar-refractivity contribution < 1.29 is 13.9 Å². The van der Waals surface area contributed by atoms with Gasteiger partial charge in [-0.3, -0.25) is 4.79 Å². The average Bonchev–Trinajstić information content (AvgIpc) is 2.86. The van der Waals surface area contributed by atoms with Crippen LogP contribution >= 0.6 is 0 Å². The number of halogens is 1. The molecule has 0 saturated heterocycles. The first kappa shape index (κ1) is 25.5. The van der Waals surface area contributed by atoms with E-state index in [9.17, 15) is 9.18 Å². The molecule has 0 aliphatic heterocycles. The smallest absolute Gasteiger partial charge is 0.314 e. The highest BCUT2D eigenvalue weighted by Crippen LogP contribution is 2.49. The lowest BCUT2D eigenvalue weighted by Gasteiger charge is -2.45. The van der Waals surface area contributed by atoms with Gasteiger partial charge in [0.05, 0.1) is 5.92 Å². The van der Waals surface area contributed by atoms with Crippen LogP contribution in [0.5, 0.6) is 5.75 Å². The van der Waals surface area contributed by atoms with E-state index in [1.807, 2.05) is 0 Å². The van der Waals surface area contributed by atoms with Gasteiger partial charge in [-0.2, -0.15) is 0 Å². The highest BCUT2D eigenvalue weighted by Gasteiger charge is 2.39. The van der Waals surface area contributed by atoms with Crippen molar-refractivity contribution in [2.24, 2.45) is 35.5 Å². The summed E-state index contributed by atoms with van der Waals surface area (Å²) in [5, 5.41) is 0. The maximum atomic E-state index is 14.3. The summed E-state index contributed by atoms with van der Waals surface area (Å²) in [6.07, 6.45) is 20.2. The van der Waals surface area contributed by atoms with E-state index < -0.39 is 0 Å². The maximum Gasteiger partial charge on any atom is 0.314 e. The lowest BCUT2D eigenvalue weighted by Crippen LogP contribution is -2.35. The number of carbonyl (C=O) groups is 1. The van der Waals surface area contributed by atoms with E-state index in [4.69, 9.17) is 4.74 Å². The Kier molecular flexibility index (Phi) is 9.25. The topological polar surface area (TPSA) is 26.3 Å². The number of carbonyl (C=O) groups excluding carboxylic acids is 1. The molecule has 3 saturated carbocycles. The summed E-state index contributed by atoms with van der Waals surface area (Å²) in [5.41, 5.74) is 0.643. The number of hydrogen-bond acceptors (Lipinski definition) is 2. The fourth-order valence-corrected chi connectivity index (χ4v) is 7.28. The molecule has 3 fully saturated rings. The van der Waals surface area contributed by atoms with Crippen molar-refractivity contribution in [3.8, 4) is 5.75 Å². The second kappa shape index (κ2) is 12.4. The predicted octanol–water partition coefficient (Wildman–Crippen LogP) is 8.68. The molecule has 0 radical (unpaired) electrons. The molecule has 0 bridgehead atoms. The molecule has 0 amide bonds. The third kappa shape index (κ3) is 6.52. The monoisotopic (exact) mass is 468 g/mol. The van der Waals surface area contributed by atoms with Crippen LogP contribution in [0, 0.1) is 41.3 Å². The van der Waals surface area contributed by atoms with Gasteiger partial charge < -0.3 is 4.74 Å². The Balaban J connectivity index is 1.21. The molecule has 3 aliphatic carbocycles. The van der Waals surface area contributed by atoms with Crippen LogP contribution in [0.25, 0.3) is 0 Å². The van der Waals surface area contributed by atoms with E-state index in [-0.39, 0.29) is 17.7 Å². The van der Waals surface area contributed by atoms with Gasteiger partial charge in [-0.05, 0) is 112 Å². The van der Waals surface area contributed by atoms with Crippen molar-refractivity contribution in [2.45, 2.75) is 103 Å². The van der Waals surface area contributed by atoms with Crippen molar-refractivity contribution in [1.29, 1.82) is 0 Å². The summed E-state index contributed by atoms with van der Waals surface area (Å²) in [6, 6.07) is 4.81. The number of fused-ring (bicyclic) bond motifs is 1. The fraction of sp³-hybridized carbons (Fsp3) is 0.710. The molecule has 3 heteroatoms. The van der Waals surface area contributed by atoms with Gasteiger partial charge in [-0.1, -0.05) is 44.7 Å². The van der Waals surface area contributed by atoms with Crippen molar-refractivity contribution in [2.75, 3.05) is 0 Å². The highest BCUT2D eigenvalue weighted by molar-refractivity contribution is 5.75. The number of allylic oxidation sites excluding steroid dienone is 1. The van der Waals surface area contributed by atoms with Crippen LogP contribution in [0.4, 0.5) is 4.39 Å². The van der Waals surface area contributed by atoms with Crippen LogP contribution < -0.4 is 4.74 Å². The first-order valence-electron chi connectivity index (χ1n) is 14.2. The first-order valence-corrected chi connectivity index (χ1v) is 14.2. The molecule has 4 atom stereocenters. The molecular weight excluding hydrogens is 423 g/mol. The zero-order chi connectivity index (χ0) is 23.9. The molecule has 0 spiro atoms. The molecule has 4 rings (SSSR count). The number of esters is 1. The number of benzene rings is 1. The van der Waals surface area contributed by atoms with Crippen molar-refractivity contribution in [3.05, 3.63) is 42.2 Å². The standard InChI is InChI=1S/C31H45FO2/c1-3-5-7-22-9-10-28-20-27(16-15-26(28)19-22)23-11-13-25(14-12-23)31(33)34-29-18-17-24(8-6-4-2)30(32)21-29/h4,17-18,21-23,25-28H,2-3,5-16,19-20H2,1H3. The van der Waals surface area contributed by atoms with Gasteiger partial charge in [0.25, 0.3) is 0 Å². The fourth-order valence-electron chi connectivity index (χ4n) is 7.28. The Morgan fingerprint density at radius 2 is 1.68 bits per heavy atom. The molecule has 1 aromatic carbocycles. The molecular formula is C31H45FO2. The Morgan fingerprint density at radius 1 is 1.00 bits per heavy atom. The van der Waals surface area contributed by atoms with E-state index in [1.165, 1.54) is 63.9 Å². The van der Waals surface area contributed by atoms with Crippen molar-refractivity contribution in [3.63, 3.8) is 0 Å². The minimum atomic E-state index is -0.300. The summed E-state index contributed by atoms with van der Waals surface area (Å²) in [6.45, 7) is 6.00. The van der Waals surface area contributed by atoms with Crippen LogP contribution in [0.1, 0.15) is 102 Å². The molecule has 1 aromatic rings. The summed E-state index contributed by atoms with van der Waals surface area (Å²) in [7, 11) is 0. The molecule has 0 heterocycles. The molecule has 34 heavy (non-hydrogen) atoms. The zero-order valence-corrected chi connectivity index (χ0v) is 21.3. The quantitative estimate of drug-likeness (QED) is 0.206. The average molecular weight is 469 g/mol. The van der Waals surface area contributed by atoms with E-state index in [1.54, 1.807) is 18.2 Å². The van der Waals surface area contributed by atoms with Crippen LogP contribution in [0.2, 0.25) is 0 Å². The lowest BCUT2D eigenvalue weighted by molar-refractivity contribution is -0.140. The van der Waals surface area contributed by atoms with Gasteiger partial charge in [-0.15, -0.1) is 6.58 Å². The summed E-state index contributed by atoms with van der Waals surface area (Å²) < 4.78 is 19.9. The molecule has 3 aliphatic rings. The minimum Gasteiger partial charge on any atom is -0.426 e. The lowest BCUT2D eigenvalue weighted by atomic mass is 9.60. The third-order valence-electron chi connectivity index (χ3n) is 9.36. The number of unbranched alkanes of at least 4 members (excludes halogenated alkanes) is 1. The van der Waals surface area contributed by atoms with E-state index in [0.29, 0.717) is 17.7 Å². The van der Waals surface area contributed by atoms with Gasteiger partial charge in [0, 0.05) is 6.07 Å². The summed E-state index contributed by atoms with van der Waals surface area (Å²) in [5.74, 6) is 4.41. The molecule has 188 valence electrons. The highest BCUT2D eigenvalue weighted by atomic mass is 19.1. The summed E-state index contributed by atoms with van der Waals surface area (Å²) >= 11 is 0. The summed E-state index contributed by atoms with van der Waals surface area (Å²) in [4.78, 5) is 12.8. The number of hydrogen-bond donors (Lipinski definition) is 0. The Morgan fingerprint density at radius 3 is 2.38 bits per heavy atom. The molecule has 0 aromatic heterocycles. The maximum absolute atomic E-state index is 14.3. The molecule has 2 nitrogen and oxygen atoms in total. The van der Waals surface area contributed by atoms with Crippen molar-refractivity contribution >= 4 is 5.97 Å². The first-order chi connectivity index (χ1) is 16.6. The van der Waals surface area contributed by atoms with Crippen LogP contribution in [0.3, 0.4) is 0 Å². The van der Waals surface area contributed by atoms with Gasteiger partial charge >= 0.3 is 5.97 Å². The Bertz CT molecular complexity index is 810. The second-order valence-electron chi connectivity index (χ2n) is 11.5. The van der Waals surface area contributed by atoms with Crippen molar-refractivity contribution in [1.82, 2.24) is 0 Å². The molecule has 4 unspecified atom stereocenters. The van der Waals surface area contributed by atoms with E-state index >= 15 is 0 Å². The second-order valence-corrected chi connectivity index (χ2v) is 11.5. The largest absolute Gasteiger partial charge is 0.426 e. The Labute approximate surface area is 206 Å². The normalized spacial score (nSPS) is 31.5. The SMILES string of the molecule is C=CCCc1ccc(OC(=O)C2CCC(C3CCC4CC(CCCC)CCC4C3)CC2)cc1F. The minimum absolute atomic E-state index is 0.0369. The number of aryl methyl sites for hydroxylation is 1. The van der Waals surface area contributed by atoms with Gasteiger partial charge in [0.1, 0.15) is 11.6 Å². The van der Waals surface area contributed by atoms with Gasteiger partial charge in [0.15, 0.2) is 0 Å². The zero-order valence-electron chi connectivity index (χ0n) is 21.3. The molecule has 0 N–H and O–H groups in total.